The molecule has 0 unspecified atom stereocenters. The molecule has 1 heterocycles. The van der Waals surface area contributed by atoms with E-state index in [9.17, 15) is 4.79 Å². The van der Waals surface area contributed by atoms with Crippen LogP contribution in [0.3, 0.4) is 0 Å². The minimum atomic E-state index is -0.142. The van der Waals surface area contributed by atoms with E-state index in [1.165, 1.54) is 10.7 Å². The average Bonchev–Trinajstić information content (AvgIpc) is 2.48. The predicted molar refractivity (Wildman–Crippen MR) is 83.8 cm³/mol. The molecular weight excluding hydrogens is 278 g/mol. The third-order valence-electron chi connectivity index (χ3n) is 3.19. The summed E-state index contributed by atoms with van der Waals surface area (Å²) in [6.07, 6.45) is 0. The van der Waals surface area contributed by atoms with E-state index in [2.05, 4.69) is 31.9 Å². The van der Waals surface area contributed by atoms with E-state index in [1.54, 1.807) is 30.3 Å². The Labute approximate surface area is 129 Å². The molecule has 5 nitrogen and oxygen atoms in total. The molecule has 22 heavy (non-hydrogen) atoms. The zero-order valence-corrected chi connectivity index (χ0v) is 13.0. The van der Waals surface area contributed by atoms with Crippen LogP contribution in [-0.4, -0.2) is 16.4 Å². The molecule has 0 amide bonds. The van der Waals surface area contributed by atoms with Crippen molar-refractivity contribution in [3.05, 3.63) is 58.0 Å². The highest BCUT2D eigenvalue weighted by atomic mass is 16.5. The highest BCUT2D eigenvalue weighted by molar-refractivity contribution is 5.34. The second-order valence-electron chi connectivity index (χ2n) is 6.01. The van der Waals surface area contributed by atoms with Gasteiger partial charge in [0.15, 0.2) is 0 Å². The minimum absolute atomic E-state index is 0.108. The average molecular weight is 297 g/mol. The number of nitrogens with zero attached hydrogens (tertiary/aromatic N) is 3. The molecule has 5 heteroatoms. The Kier molecular flexibility index (Phi) is 4.62. The number of nitriles is 1. The molecule has 0 bridgehead atoms. The lowest BCUT2D eigenvalue weighted by atomic mass is 9.92. The maximum absolute atomic E-state index is 11.8. The molecule has 0 aliphatic rings. The van der Waals surface area contributed by atoms with Gasteiger partial charge in [-0.25, -0.2) is 4.68 Å². The predicted octanol–water partition coefficient (Wildman–Crippen LogP) is 2.49. The summed E-state index contributed by atoms with van der Waals surface area (Å²) in [5.41, 5.74) is 1.20. The first-order chi connectivity index (χ1) is 10.4. The largest absolute Gasteiger partial charge is 0.492 e. The first kappa shape index (κ1) is 15.8. The second kappa shape index (κ2) is 6.44. The van der Waals surface area contributed by atoms with Crippen molar-refractivity contribution in [2.24, 2.45) is 0 Å². The van der Waals surface area contributed by atoms with E-state index < -0.39 is 0 Å². The Bertz CT molecular complexity index is 734. The van der Waals surface area contributed by atoms with Crippen LogP contribution in [0.5, 0.6) is 5.75 Å². The summed E-state index contributed by atoms with van der Waals surface area (Å²) in [7, 11) is 0. The van der Waals surface area contributed by atoms with Crippen LogP contribution in [-0.2, 0) is 12.0 Å². The van der Waals surface area contributed by atoms with Crippen LogP contribution in [0.15, 0.2) is 41.2 Å². The number of rotatable bonds is 4. The molecule has 0 aliphatic heterocycles. The van der Waals surface area contributed by atoms with Crippen LogP contribution in [0.2, 0.25) is 0 Å². The number of hydrogen-bond acceptors (Lipinski definition) is 4. The summed E-state index contributed by atoms with van der Waals surface area (Å²) in [4.78, 5) is 11.8. The Hall–Kier alpha value is -2.61. The van der Waals surface area contributed by atoms with Gasteiger partial charge in [-0.2, -0.15) is 10.4 Å². The van der Waals surface area contributed by atoms with E-state index in [1.807, 2.05) is 0 Å². The monoisotopic (exact) mass is 297 g/mol. The Morgan fingerprint density at radius 2 is 1.86 bits per heavy atom. The molecular formula is C17H19N3O2. The van der Waals surface area contributed by atoms with Gasteiger partial charge in [0.1, 0.15) is 12.4 Å². The normalized spacial score (nSPS) is 11.0. The number of aromatic nitrogens is 2. The van der Waals surface area contributed by atoms with Crippen molar-refractivity contribution in [2.75, 3.05) is 6.61 Å². The van der Waals surface area contributed by atoms with Crippen molar-refractivity contribution in [3.63, 3.8) is 0 Å². The standard InChI is InChI=1S/C17H19N3O2/c1-17(2,3)15-8-9-16(21)20(19-15)10-11-22-14-6-4-13(12-18)5-7-14/h4-9H,10-11H2,1-3H3. The summed E-state index contributed by atoms with van der Waals surface area (Å²) >= 11 is 0. The zero-order valence-electron chi connectivity index (χ0n) is 13.0. The Balaban J connectivity index is 2.02. The molecule has 0 radical (unpaired) electrons. The fraction of sp³-hybridized carbons (Fsp3) is 0.353. The highest BCUT2D eigenvalue weighted by Crippen LogP contribution is 2.18. The van der Waals surface area contributed by atoms with Gasteiger partial charge in [-0.05, 0) is 30.3 Å². The lowest BCUT2D eigenvalue weighted by Crippen LogP contribution is -2.28. The third kappa shape index (κ3) is 3.95. The molecule has 0 saturated carbocycles. The Morgan fingerprint density at radius 1 is 1.18 bits per heavy atom. The molecule has 2 aromatic rings. The molecule has 0 saturated heterocycles. The first-order valence-corrected chi connectivity index (χ1v) is 7.12. The van der Waals surface area contributed by atoms with Gasteiger partial charge in [0.25, 0.3) is 5.56 Å². The fourth-order valence-electron chi connectivity index (χ4n) is 1.88. The van der Waals surface area contributed by atoms with Crippen molar-refractivity contribution in [2.45, 2.75) is 32.7 Å². The lowest BCUT2D eigenvalue weighted by Gasteiger charge is -2.18. The van der Waals surface area contributed by atoms with Crippen molar-refractivity contribution in [1.82, 2.24) is 9.78 Å². The number of hydrogen-bond donors (Lipinski definition) is 0. The van der Waals surface area contributed by atoms with Crippen LogP contribution >= 0.6 is 0 Å². The molecule has 1 aromatic carbocycles. The van der Waals surface area contributed by atoms with Gasteiger partial charge >= 0.3 is 0 Å². The van der Waals surface area contributed by atoms with Crippen molar-refractivity contribution < 1.29 is 4.74 Å². The van der Waals surface area contributed by atoms with E-state index in [4.69, 9.17) is 10.00 Å². The zero-order chi connectivity index (χ0) is 16.2. The lowest BCUT2D eigenvalue weighted by molar-refractivity contribution is 0.285. The van der Waals surface area contributed by atoms with Crippen molar-refractivity contribution in [1.29, 1.82) is 5.26 Å². The molecule has 0 spiro atoms. The summed E-state index contributed by atoms with van der Waals surface area (Å²) < 4.78 is 7.00. The van der Waals surface area contributed by atoms with Gasteiger partial charge in [0.2, 0.25) is 0 Å². The van der Waals surface area contributed by atoms with E-state index in [0.717, 1.165) is 5.69 Å². The number of benzene rings is 1. The minimum Gasteiger partial charge on any atom is -0.492 e. The smallest absolute Gasteiger partial charge is 0.266 e. The topological polar surface area (TPSA) is 67.9 Å². The number of ether oxygens (including phenoxy) is 1. The molecule has 0 N–H and O–H groups in total. The van der Waals surface area contributed by atoms with Crippen LogP contribution in [0, 0.1) is 11.3 Å². The molecule has 2 rings (SSSR count). The van der Waals surface area contributed by atoms with Crippen LogP contribution in [0.25, 0.3) is 0 Å². The van der Waals surface area contributed by atoms with Gasteiger partial charge in [-0.1, -0.05) is 20.8 Å². The van der Waals surface area contributed by atoms with Gasteiger partial charge in [-0.15, -0.1) is 0 Å². The summed E-state index contributed by atoms with van der Waals surface area (Å²) in [6.45, 7) is 6.88. The molecule has 0 atom stereocenters. The first-order valence-electron chi connectivity index (χ1n) is 7.12. The van der Waals surface area contributed by atoms with Gasteiger partial charge in [0, 0.05) is 11.5 Å². The van der Waals surface area contributed by atoms with Crippen molar-refractivity contribution in [3.8, 4) is 11.8 Å². The summed E-state index contributed by atoms with van der Waals surface area (Å²) in [5.74, 6) is 0.666. The quantitative estimate of drug-likeness (QED) is 0.869. The van der Waals surface area contributed by atoms with Crippen molar-refractivity contribution >= 4 is 0 Å². The van der Waals surface area contributed by atoms with E-state index in [-0.39, 0.29) is 11.0 Å². The molecule has 1 aromatic heterocycles. The summed E-state index contributed by atoms with van der Waals surface area (Å²) in [6, 6.07) is 12.2. The maximum Gasteiger partial charge on any atom is 0.266 e. The van der Waals surface area contributed by atoms with Gasteiger partial charge in [-0.3, -0.25) is 4.79 Å². The highest BCUT2D eigenvalue weighted by Gasteiger charge is 2.16. The van der Waals surface area contributed by atoms with Crippen LogP contribution in [0.1, 0.15) is 32.0 Å². The third-order valence-corrected chi connectivity index (χ3v) is 3.19. The SMILES string of the molecule is CC(C)(C)c1ccc(=O)n(CCOc2ccc(C#N)cc2)n1. The van der Waals surface area contributed by atoms with Crippen LogP contribution < -0.4 is 10.3 Å². The molecule has 114 valence electrons. The van der Waals surface area contributed by atoms with Gasteiger partial charge < -0.3 is 4.74 Å². The van der Waals surface area contributed by atoms with Gasteiger partial charge in [0.05, 0.1) is 23.9 Å². The van der Waals surface area contributed by atoms with E-state index in [0.29, 0.717) is 24.5 Å². The summed E-state index contributed by atoms with van der Waals surface area (Å²) in [5, 5.41) is 13.1. The maximum atomic E-state index is 11.8. The molecule has 0 fully saturated rings. The fourth-order valence-corrected chi connectivity index (χ4v) is 1.88. The second-order valence-corrected chi connectivity index (χ2v) is 6.01. The van der Waals surface area contributed by atoms with E-state index >= 15 is 0 Å². The van der Waals surface area contributed by atoms with Crippen LogP contribution in [0.4, 0.5) is 0 Å². The molecule has 0 aliphatic carbocycles. The Morgan fingerprint density at radius 3 is 2.45 bits per heavy atom.